The van der Waals surface area contributed by atoms with Crippen LogP contribution in [0.5, 0.6) is 0 Å². The van der Waals surface area contributed by atoms with Gasteiger partial charge in [-0.2, -0.15) is 11.8 Å². The molecule has 66 valence electrons. The van der Waals surface area contributed by atoms with E-state index >= 15 is 0 Å². The van der Waals surface area contributed by atoms with Crippen molar-refractivity contribution in [1.29, 1.82) is 0 Å². The number of nitrogens with zero attached hydrogens (tertiary/aromatic N) is 1. The normalized spacial score (nSPS) is 12.5. The molecule has 0 amide bonds. The third-order valence-electron chi connectivity index (χ3n) is 0.964. The molecule has 0 fully saturated rings. The molecule has 1 atom stereocenters. The highest BCUT2D eigenvalue weighted by atomic mass is 32.2. The minimum Gasteiger partial charge on any atom is -0.396 e. The maximum atomic E-state index is 8.45. The van der Waals surface area contributed by atoms with Gasteiger partial charge in [0.25, 0.3) is 0 Å². The van der Waals surface area contributed by atoms with Gasteiger partial charge in [0.2, 0.25) is 0 Å². The summed E-state index contributed by atoms with van der Waals surface area (Å²) >= 11 is 1.64. The quantitative estimate of drug-likeness (QED) is 0.297. The molecule has 1 unspecified atom stereocenters. The molecule has 0 saturated heterocycles. The van der Waals surface area contributed by atoms with E-state index in [9.17, 15) is 0 Å². The summed E-state index contributed by atoms with van der Waals surface area (Å²) in [5.41, 5.74) is 10.3. The lowest BCUT2D eigenvalue weighted by Crippen LogP contribution is -2.25. The largest absolute Gasteiger partial charge is 0.396 e. The van der Waals surface area contributed by atoms with Gasteiger partial charge >= 0.3 is 0 Å². The summed E-state index contributed by atoms with van der Waals surface area (Å²) in [5, 5.41) is 8.45. The van der Waals surface area contributed by atoms with E-state index in [-0.39, 0.29) is 18.6 Å². The lowest BCUT2D eigenvalue weighted by molar-refractivity contribution is 0.322. The molecular formula is C6H15N3OS. The van der Waals surface area contributed by atoms with Gasteiger partial charge in [-0.05, 0) is 6.92 Å². The predicted molar refractivity (Wildman–Crippen MR) is 49.7 cm³/mol. The molecule has 0 saturated carbocycles. The Hall–Kier alpha value is -0.420. The van der Waals surface area contributed by atoms with E-state index in [1.165, 1.54) is 0 Å². The van der Waals surface area contributed by atoms with Gasteiger partial charge in [0.15, 0.2) is 5.96 Å². The molecule has 5 heteroatoms. The summed E-state index contributed by atoms with van der Waals surface area (Å²) in [6.45, 7) is 2.14. The van der Waals surface area contributed by atoms with Crippen molar-refractivity contribution < 1.29 is 5.11 Å². The first kappa shape index (κ1) is 10.6. The molecule has 0 aliphatic heterocycles. The van der Waals surface area contributed by atoms with Crippen LogP contribution in [0.4, 0.5) is 0 Å². The first-order chi connectivity index (χ1) is 5.16. The van der Waals surface area contributed by atoms with E-state index in [0.29, 0.717) is 0 Å². The van der Waals surface area contributed by atoms with Crippen LogP contribution in [0, 0.1) is 0 Å². The van der Waals surface area contributed by atoms with Gasteiger partial charge in [-0.15, -0.1) is 0 Å². The van der Waals surface area contributed by atoms with Gasteiger partial charge < -0.3 is 16.6 Å². The van der Waals surface area contributed by atoms with Gasteiger partial charge in [-0.25, -0.2) is 4.99 Å². The summed E-state index contributed by atoms with van der Waals surface area (Å²) in [5.74, 6) is 1.71. The fraction of sp³-hybridized carbons (Fsp3) is 0.833. The van der Waals surface area contributed by atoms with Crippen LogP contribution >= 0.6 is 11.8 Å². The number of hydrogen-bond donors (Lipinski definition) is 3. The lowest BCUT2D eigenvalue weighted by Gasteiger charge is -2.04. The van der Waals surface area contributed by atoms with Crippen LogP contribution < -0.4 is 11.5 Å². The molecule has 0 aromatic rings. The van der Waals surface area contributed by atoms with Crippen molar-refractivity contribution in [3.63, 3.8) is 0 Å². The van der Waals surface area contributed by atoms with Crippen molar-refractivity contribution in [3.8, 4) is 0 Å². The zero-order valence-corrected chi connectivity index (χ0v) is 7.47. The summed E-state index contributed by atoms with van der Waals surface area (Å²) < 4.78 is 0. The summed E-state index contributed by atoms with van der Waals surface area (Å²) in [4.78, 5) is 3.92. The monoisotopic (exact) mass is 177 g/mol. The van der Waals surface area contributed by atoms with Crippen LogP contribution in [-0.4, -0.2) is 35.2 Å². The van der Waals surface area contributed by atoms with Gasteiger partial charge in [0, 0.05) is 11.5 Å². The Morgan fingerprint density at radius 1 is 1.64 bits per heavy atom. The maximum absolute atomic E-state index is 8.45. The van der Waals surface area contributed by atoms with Crippen LogP contribution in [0.1, 0.15) is 6.92 Å². The van der Waals surface area contributed by atoms with Crippen molar-refractivity contribution >= 4 is 17.7 Å². The maximum Gasteiger partial charge on any atom is 0.186 e. The molecule has 0 aromatic heterocycles. The second-order valence-corrected chi connectivity index (χ2v) is 3.35. The molecular weight excluding hydrogens is 162 g/mol. The molecule has 0 radical (unpaired) electrons. The highest BCUT2D eigenvalue weighted by molar-refractivity contribution is 7.99. The first-order valence-electron chi connectivity index (χ1n) is 3.44. The molecule has 0 rings (SSSR count). The van der Waals surface area contributed by atoms with E-state index in [0.717, 1.165) is 11.5 Å². The Morgan fingerprint density at radius 3 is 2.73 bits per heavy atom. The first-order valence-corrected chi connectivity index (χ1v) is 4.59. The number of guanidine groups is 1. The van der Waals surface area contributed by atoms with Crippen LogP contribution in [-0.2, 0) is 0 Å². The van der Waals surface area contributed by atoms with E-state index in [1.807, 2.05) is 6.92 Å². The third-order valence-corrected chi connectivity index (χ3v) is 2.15. The lowest BCUT2D eigenvalue weighted by atomic mass is 10.4. The van der Waals surface area contributed by atoms with Crippen LogP contribution in [0.25, 0.3) is 0 Å². The minimum atomic E-state index is 0.127. The van der Waals surface area contributed by atoms with Gasteiger partial charge in [-0.3, -0.25) is 0 Å². The SMILES string of the molecule is CC(CSCCO)N=C(N)N. The predicted octanol–water partition coefficient (Wildman–Crippen LogP) is -0.626. The topological polar surface area (TPSA) is 84.6 Å². The number of aliphatic imine (C=N–C) groups is 1. The Morgan fingerprint density at radius 2 is 2.27 bits per heavy atom. The van der Waals surface area contributed by atoms with Crippen molar-refractivity contribution in [2.45, 2.75) is 13.0 Å². The number of aliphatic hydroxyl groups excluding tert-OH is 1. The Bertz CT molecular complexity index is 125. The zero-order chi connectivity index (χ0) is 8.69. The molecule has 0 aliphatic carbocycles. The number of rotatable bonds is 5. The third kappa shape index (κ3) is 7.48. The van der Waals surface area contributed by atoms with Gasteiger partial charge in [0.05, 0.1) is 12.6 Å². The van der Waals surface area contributed by atoms with Crippen LogP contribution in [0.15, 0.2) is 4.99 Å². The molecule has 0 spiro atoms. The second kappa shape index (κ2) is 6.30. The Labute approximate surface area is 71.1 Å². The summed E-state index contributed by atoms with van der Waals surface area (Å²) in [6.07, 6.45) is 0. The van der Waals surface area contributed by atoms with Crippen molar-refractivity contribution in [3.05, 3.63) is 0 Å². The van der Waals surface area contributed by atoms with Crippen LogP contribution in [0.3, 0.4) is 0 Å². The van der Waals surface area contributed by atoms with Crippen molar-refractivity contribution in [2.75, 3.05) is 18.1 Å². The number of thioether (sulfide) groups is 1. The molecule has 0 heterocycles. The van der Waals surface area contributed by atoms with Gasteiger partial charge in [0.1, 0.15) is 0 Å². The standard InChI is InChI=1S/C6H15N3OS/c1-5(9-6(7)8)4-11-3-2-10/h5,10H,2-4H2,1H3,(H4,7,8,9). The molecule has 0 aromatic carbocycles. The molecule has 4 nitrogen and oxygen atoms in total. The fourth-order valence-corrected chi connectivity index (χ4v) is 1.32. The Balaban J connectivity index is 3.37. The van der Waals surface area contributed by atoms with E-state index in [2.05, 4.69) is 4.99 Å². The van der Waals surface area contributed by atoms with E-state index in [4.69, 9.17) is 16.6 Å². The molecule has 0 bridgehead atoms. The smallest absolute Gasteiger partial charge is 0.186 e. The summed E-state index contributed by atoms with van der Waals surface area (Å²) in [6, 6.07) is 0.136. The highest BCUT2D eigenvalue weighted by Gasteiger charge is 1.98. The second-order valence-electron chi connectivity index (χ2n) is 2.20. The van der Waals surface area contributed by atoms with Crippen LogP contribution in [0.2, 0.25) is 0 Å². The number of nitrogens with two attached hydrogens (primary N) is 2. The summed E-state index contributed by atoms with van der Waals surface area (Å²) in [7, 11) is 0. The van der Waals surface area contributed by atoms with Crippen molar-refractivity contribution in [1.82, 2.24) is 0 Å². The molecule has 11 heavy (non-hydrogen) atoms. The average molecular weight is 177 g/mol. The molecule has 0 aliphatic rings. The van der Waals surface area contributed by atoms with E-state index in [1.54, 1.807) is 11.8 Å². The highest BCUT2D eigenvalue weighted by Crippen LogP contribution is 2.03. The fourth-order valence-electron chi connectivity index (χ4n) is 0.610. The minimum absolute atomic E-state index is 0.127. The van der Waals surface area contributed by atoms with Crippen molar-refractivity contribution in [2.24, 2.45) is 16.5 Å². The molecule has 5 N–H and O–H groups in total. The average Bonchev–Trinajstić information content (AvgIpc) is 1.86. The number of aliphatic hydroxyl groups is 1. The zero-order valence-electron chi connectivity index (χ0n) is 6.66. The van der Waals surface area contributed by atoms with Gasteiger partial charge in [-0.1, -0.05) is 0 Å². The number of hydrogen-bond acceptors (Lipinski definition) is 3. The Kier molecular flexibility index (Phi) is 6.06. The van der Waals surface area contributed by atoms with E-state index < -0.39 is 0 Å².